The largest absolute Gasteiger partial charge is 0.292 e. The highest BCUT2D eigenvalue weighted by Gasteiger charge is 2.26. The van der Waals surface area contributed by atoms with Crippen LogP contribution in [0, 0.1) is 0 Å². The van der Waals surface area contributed by atoms with E-state index in [9.17, 15) is 9.59 Å². The maximum absolute atomic E-state index is 11.4. The lowest BCUT2D eigenvalue weighted by Crippen LogP contribution is -2.22. The Morgan fingerprint density at radius 2 is 1.92 bits per heavy atom. The molecule has 13 heavy (non-hydrogen) atoms. The van der Waals surface area contributed by atoms with Gasteiger partial charge in [0.15, 0.2) is 11.6 Å². The fourth-order valence-electron chi connectivity index (χ4n) is 1.76. The summed E-state index contributed by atoms with van der Waals surface area (Å²) < 4.78 is 0. The summed E-state index contributed by atoms with van der Waals surface area (Å²) in [7, 11) is 0. The number of hydrogen-bond acceptors (Lipinski definition) is 3. The quantitative estimate of drug-likeness (QED) is 0.562. The average molecular weight is 177 g/mol. The van der Waals surface area contributed by atoms with Gasteiger partial charge in [-0.2, -0.15) is 0 Å². The molecule has 1 aliphatic carbocycles. The van der Waals surface area contributed by atoms with E-state index in [0.717, 1.165) is 18.4 Å². The maximum Gasteiger partial charge on any atom is 0.181 e. The molecule has 3 nitrogen and oxygen atoms in total. The monoisotopic (exact) mass is 177 g/mol. The molecule has 0 unspecified atom stereocenters. The molecule has 3 heteroatoms. The van der Waals surface area contributed by atoms with E-state index in [0.29, 0.717) is 24.3 Å². The molecule has 2 aliphatic rings. The number of nitrogens with zero attached hydrogens (tertiary/aromatic N) is 1. The molecular weight excluding hydrogens is 166 g/mol. The zero-order chi connectivity index (χ0) is 9.42. The van der Waals surface area contributed by atoms with Crippen LogP contribution in [0.2, 0.25) is 0 Å². The molecule has 1 aliphatic heterocycles. The SMILES string of the molecule is CC1=NC2=C(CCCC2=O)CC1=O. The molecule has 0 aromatic carbocycles. The Balaban J connectivity index is 2.43. The van der Waals surface area contributed by atoms with Crippen LogP contribution in [0.5, 0.6) is 0 Å². The van der Waals surface area contributed by atoms with Gasteiger partial charge in [0.05, 0.1) is 5.71 Å². The molecule has 0 saturated carbocycles. The lowest BCUT2D eigenvalue weighted by Gasteiger charge is -2.19. The summed E-state index contributed by atoms with van der Waals surface area (Å²) >= 11 is 0. The second-order valence-corrected chi connectivity index (χ2v) is 3.53. The van der Waals surface area contributed by atoms with Crippen molar-refractivity contribution in [3.63, 3.8) is 0 Å². The standard InChI is InChI=1S/C10H11NO2/c1-6-9(13)5-7-3-2-4-8(12)10(7)11-6/h2-5H2,1H3. The highest BCUT2D eigenvalue weighted by Crippen LogP contribution is 2.28. The van der Waals surface area contributed by atoms with E-state index in [-0.39, 0.29) is 11.6 Å². The molecule has 0 aromatic rings. The molecule has 0 bridgehead atoms. The molecule has 0 saturated heterocycles. The van der Waals surface area contributed by atoms with Crippen LogP contribution in [-0.2, 0) is 9.59 Å². The van der Waals surface area contributed by atoms with Crippen LogP contribution in [0.3, 0.4) is 0 Å². The molecule has 0 atom stereocenters. The zero-order valence-corrected chi connectivity index (χ0v) is 7.59. The van der Waals surface area contributed by atoms with Crippen molar-refractivity contribution in [2.75, 3.05) is 0 Å². The number of rotatable bonds is 0. The lowest BCUT2D eigenvalue weighted by atomic mass is 9.89. The summed E-state index contributed by atoms with van der Waals surface area (Å²) in [5.74, 6) is 0.168. The summed E-state index contributed by atoms with van der Waals surface area (Å²) in [5, 5.41) is 0. The van der Waals surface area contributed by atoms with Crippen LogP contribution in [0.1, 0.15) is 32.6 Å². The van der Waals surface area contributed by atoms with E-state index in [4.69, 9.17) is 0 Å². The zero-order valence-electron chi connectivity index (χ0n) is 7.59. The second kappa shape index (κ2) is 2.91. The van der Waals surface area contributed by atoms with Crippen molar-refractivity contribution in [3.05, 3.63) is 11.3 Å². The Kier molecular flexibility index (Phi) is 1.87. The van der Waals surface area contributed by atoms with E-state index in [1.807, 2.05) is 0 Å². The Hall–Kier alpha value is -1.25. The molecule has 0 spiro atoms. The topological polar surface area (TPSA) is 46.5 Å². The minimum atomic E-state index is 0.0634. The molecule has 1 heterocycles. The summed E-state index contributed by atoms with van der Waals surface area (Å²) in [6.45, 7) is 1.67. The number of aliphatic imine (C=N–C) groups is 1. The first-order chi connectivity index (χ1) is 6.18. The van der Waals surface area contributed by atoms with Gasteiger partial charge in [0, 0.05) is 12.8 Å². The van der Waals surface area contributed by atoms with Crippen molar-refractivity contribution in [3.8, 4) is 0 Å². The van der Waals surface area contributed by atoms with Crippen LogP contribution in [0.15, 0.2) is 16.3 Å². The third-order valence-electron chi connectivity index (χ3n) is 2.54. The molecule has 0 aromatic heterocycles. The van der Waals surface area contributed by atoms with E-state index >= 15 is 0 Å². The number of Topliss-reactive ketones (excluding diaryl/α,β-unsaturated/α-hetero) is 2. The van der Waals surface area contributed by atoms with Gasteiger partial charge in [-0.15, -0.1) is 0 Å². The lowest BCUT2D eigenvalue weighted by molar-refractivity contribution is -0.116. The Bertz CT molecular complexity index is 350. The Morgan fingerprint density at radius 1 is 1.15 bits per heavy atom. The summed E-state index contributed by atoms with van der Waals surface area (Å²) in [6.07, 6.45) is 2.74. The predicted molar refractivity (Wildman–Crippen MR) is 48.6 cm³/mol. The number of hydrogen-bond donors (Lipinski definition) is 0. The maximum atomic E-state index is 11.4. The van der Waals surface area contributed by atoms with Crippen molar-refractivity contribution in [2.24, 2.45) is 4.99 Å². The highest BCUT2D eigenvalue weighted by molar-refractivity contribution is 6.40. The van der Waals surface area contributed by atoms with Gasteiger partial charge in [-0.25, -0.2) is 4.99 Å². The van der Waals surface area contributed by atoms with Gasteiger partial charge in [0.1, 0.15) is 5.70 Å². The molecule has 0 fully saturated rings. The van der Waals surface area contributed by atoms with E-state index in [1.54, 1.807) is 6.92 Å². The van der Waals surface area contributed by atoms with Crippen LogP contribution in [0.25, 0.3) is 0 Å². The van der Waals surface area contributed by atoms with Gasteiger partial charge in [0.2, 0.25) is 0 Å². The van der Waals surface area contributed by atoms with Gasteiger partial charge in [-0.3, -0.25) is 9.59 Å². The van der Waals surface area contributed by atoms with Crippen molar-refractivity contribution < 1.29 is 9.59 Å². The fourth-order valence-corrected chi connectivity index (χ4v) is 1.76. The highest BCUT2D eigenvalue weighted by atomic mass is 16.1. The van der Waals surface area contributed by atoms with Gasteiger partial charge >= 0.3 is 0 Å². The Labute approximate surface area is 76.5 Å². The Morgan fingerprint density at radius 3 is 2.69 bits per heavy atom. The van der Waals surface area contributed by atoms with Crippen LogP contribution in [0.4, 0.5) is 0 Å². The number of carbonyl (C=O) groups excluding carboxylic acids is 2. The van der Waals surface area contributed by atoms with E-state index in [2.05, 4.69) is 4.99 Å². The third-order valence-corrected chi connectivity index (χ3v) is 2.54. The molecular formula is C10H11NO2. The minimum absolute atomic E-state index is 0.0634. The number of ketones is 2. The average Bonchev–Trinajstić information content (AvgIpc) is 2.09. The van der Waals surface area contributed by atoms with Gasteiger partial charge < -0.3 is 0 Å². The minimum Gasteiger partial charge on any atom is -0.292 e. The molecule has 2 rings (SSSR count). The smallest absolute Gasteiger partial charge is 0.181 e. The van der Waals surface area contributed by atoms with E-state index in [1.165, 1.54) is 0 Å². The first-order valence-corrected chi connectivity index (χ1v) is 4.52. The van der Waals surface area contributed by atoms with E-state index < -0.39 is 0 Å². The third kappa shape index (κ3) is 1.34. The fraction of sp³-hybridized carbons (Fsp3) is 0.500. The van der Waals surface area contributed by atoms with Crippen LogP contribution in [-0.4, -0.2) is 17.3 Å². The van der Waals surface area contributed by atoms with Crippen molar-refractivity contribution in [2.45, 2.75) is 32.6 Å². The number of carbonyl (C=O) groups is 2. The molecule has 0 radical (unpaired) electrons. The second-order valence-electron chi connectivity index (χ2n) is 3.53. The first kappa shape index (κ1) is 8.35. The number of allylic oxidation sites excluding steroid dienone is 2. The summed E-state index contributed by atoms with van der Waals surface area (Å²) in [5.41, 5.74) is 2.00. The van der Waals surface area contributed by atoms with Gasteiger partial charge in [-0.1, -0.05) is 0 Å². The van der Waals surface area contributed by atoms with Crippen LogP contribution >= 0.6 is 0 Å². The van der Waals surface area contributed by atoms with Gasteiger partial charge in [-0.05, 0) is 25.3 Å². The van der Waals surface area contributed by atoms with Crippen molar-refractivity contribution in [1.82, 2.24) is 0 Å². The summed E-state index contributed by atoms with van der Waals surface area (Å²) in [6, 6.07) is 0. The van der Waals surface area contributed by atoms with Crippen molar-refractivity contribution in [1.29, 1.82) is 0 Å². The predicted octanol–water partition coefficient (Wildman–Crippen LogP) is 1.43. The molecule has 0 N–H and O–H groups in total. The first-order valence-electron chi connectivity index (χ1n) is 4.52. The molecule has 0 amide bonds. The van der Waals surface area contributed by atoms with Gasteiger partial charge in [0.25, 0.3) is 0 Å². The van der Waals surface area contributed by atoms with Crippen LogP contribution < -0.4 is 0 Å². The summed E-state index contributed by atoms with van der Waals surface area (Å²) in [4.78, 5) is 26.7. The molecule has 68 valence electrons. The normalized spacial score (nSPS) is 23.0. The van der Waals surface area contributed by atoms with Crippen molar-refractivity contribution >= 4 is 17.3 Å².